The maximum Gasteiger partial charge on any atom is 0.266 e. The number of aryl methyl sites for hydroxylation is 1. The van der Waals surface area contributed by atoms with Gasteiger partial charge in [0.2, 0.25) is 0 Å². The zero-order valence-electron chi connectivity index (χ0n) is 23.6. The molecule has 0 saturated heterocycles. The lowest BCUT2D eigenvalue weighted by Crippen LogP contribution is -2.44. The van der Waals surface area contributed by atoms with Crippen LogP contribution in [0.2, 0.25) is 5.02 Å². The van der Waals surface area contributed by atoms with Gasteiger partial charge in [0, 0.05) is 42.7 Å². The van der Waals surface area contributed by atoms with Gasteiger partial charge in [-0.25, -0.2) is 4.39 Å². The Labute approximate surface area is 248 Å². The van der Waals surface area contributed by atoms with E-state index < -0.39 is 0 Å². The first-order chi connectivity index (χ1) is 19.7. The molecule has 0 atom stereocenters. The molecule has 1 amide bonds. The van der Waals surface area contributed by atoms with Crippen molar-refractivity contribution < 1.29 is 18.7 Å². The maximum atomic E-state index is 14.8. The molecule has 1 N–H and O–H groups in total. The number of rotatable bonds is 8. The average Bonchev–Trinajstić information content (AvgIpc) is 3.35. The second-order valence-corrected chi connectivity index (χ2v) is 12.0. The number of pyridine rings is 1. The number of fused-ring (bicyclic) bond motifs is 1. The molecule has 0 aliphatic heterocycles. The van der Waals surface area contributed by atoms with E-state index in [-0.39, 0.29) is 23.5 Å². The van der Waals surface area contributed by atoms with Gasteiger partial charge in [0.05, 0.1) is 16.8 Å². The zero-order valence-corrected chi connectivity index (χ0v) is 25.2. The Morgan fingerprint density at radius 3 is 2.51 bits per heavy atom. The zero-order chi connectivity index (χ0) is 29.3. The normalized spacial score (nSPS) is 17.0. The molecule has 0 bridgehead atoms. The summed E-state index contributed by atoms with van der Waals surface area (Å²) in [4.78, 5) is 32.7. The van der Waals surface area contributed by atoms with Crippen LogP contribution in [0.15, 0.2) is 48.7 Å². The second kappa shape index (κ2) is 12.3. The molecule has 214 valence electrons. The van der Waals surface area contributed by atoms with E-state index in [1.165, 1.54) is 13.0 Å². The van der Waals surface area contributed by atoms with Crippen LogP contribution in [0.3, 0.4) is 0 Å². The van der Waals surface area contributed by atoms with Gasteiger partial charge in [-0.05, 0) is 86.7 Å². The highest BCUT2D eigenvalue weighted by Crippen LogP contribution is 2.41. The molecule has 2 aromatic carbocycles. The Balaban J connectivity index is 1.56. The largest absolute Gasteiger partial charge is 0.496 e. The number of ether oxygens (including phenoxy) is 1. The third-order valence-corrected chi connectivity index (χ3v) is 9.69. The molecule has 1 fully saturated rings. The molecule has 2 aromatic heterocycles. The van der Waals surface area contributed by atoms with Crippen molar-refractivity contribution in [2.45, 2.75) is 58.2 Å². The number of thiophene rings is 1. The Bertz CT molecular complexity index is 1610. The number of nitrogens with one attached hydrogen (secondary N) is 1. The first-order valence-corrected chi connectivity index (χ1v) is 14.9. The minimum atomic E-state index is -0.380. The van der Waals surface area contributed by atoms with Gasteiger partial charge in [-0.2, -0.15) is 0 Å². The molecule has 0 spiro atoms. The van der Waals surface area contributed by atoms with Gasteiger partial charge in [0.25, 0.3) is 5.91 Å². The number of ketones is 1. The quantitative estimate of drug-likeness (QED) is 0.215. The molecule has 9 heteroatoms. The number of hydrogen-bond acceptors (Lipinski definition) is 6. The van der Waals surface area contributed by atoms with E-state index in [4.69, 9.17) is 16.3 Å². The van der Waals surface area contributed by atoms with E-state index in [2.05, 4.69) is 10.3 Å². The number of benzene rings is 2. The van der Waals surface area contributed by atoms with E-state index in [0.29, 0.717) is 44.0 Å². The van der Waals surface area contributed by atoms with Crippen molar-refractivity contribution in [3.05, 3.63) is 81.2 Å². The fraction of sp³-hybridized carbons (Fsp3) is 0.344. The molecule has 1 aliphatic rings. The van der Waals surface area contributed by atoms with Crippen molar-refractivity contribution in [2.24, 2.45) is 0 Å². The third-order valence-electron chi connectivity index (χ3n) is 8.02. The van der Waals surface area contributed by atoms with Crippen LogP contribution in [-0.4, -0.2) is 47.8 Å². The van der Waals surface area contributed by atoms with E-state index in [1.807, 2.05) is 43.1 Å². The maximum absolute atomic E-state index is 14.8. The van der Waals surface area contributed by atoms with Crippen LogP contribution in [-0.2, 0) is 6.54 Å². The van der Waals surface area contributed by atoms with Gasteiger partial charge >= 0.3 is 0 Å². The van der Waals surface area contributed by atoms with Gasteiger partial charge in [-0.15, -0.1) is 11.3 Å². The van der Waals surface area contributed by atoms with Crippen LogP contribution in [0, 0.1) is 12.7 Å². The average molecular weight is 594 g/mol. The van der Waals surface area contributed by atoms with E-state index in [9.17, 15) is 14.0 Å². The summed E-state index contributed by atoms with van der Waals surface area (Å²) in [5.74, 6) is -0.0468. The van der Waals surface area contributed by atoms with Crippen molar-refractivity contribution in [1.29, 1.82) is 0 Å². The second-order valence-electron chi connectivity index (χ2n) is 10.6. The molecule has 5 rings (SSSR count). The summed E-state index contributed by atoms with van der Waals surface area (Å²) in [6.45, 7) is 3.66. The van der Waals surface area contributed by atoms with Crippen molar-refractivity contribution in [3.63, 3.8) is 0 Å². The van der Waals surface area contributed by atoms with Crippen LogP contribution in [0.5, 0.6) is 5.75 Å². The number of Topliss-reactive ketones (excluding diaryl/α,β-unsaturated/α-hetero) is 1. The highest BCUT2D eigenvalue weighted by atomic mass is 35.5. The minimum Gasteiger partial charge on any atom is -0.496 e. The summed E-state index contributed by atoms with van der Waals surface area (Å²) < 4.78 is 20.9. The summed E-state index contributed by atoms with van der Waals surface area (Å²) in [5.41, 5.74) is 3.78. The fourth-order valence-electron chi connectivity index (χ4n) is 5.67. The van der Waals surface area contributed by atoms with E-state index in [0.717, 1.165) is 59.3 Å². The first kappa shape index (κ1) is 29.2. The lowest BCUT2D eigenvalue weighted by atomic mass is 9.89. The van der Waals surface area contributed by atoms with Crippen molar-refractivity contribution >= 4 is 44.7 Å². The highest BCUT2D eigenvalue weighted by Gasteiger charge is 2.32. The molecule has 41 heavy (non-hydrogen) atoms. The van der Waals surface area contributed by atoms with Crippen LogP contribution in [0.1, 0.15) is 63.9 Å². The lowest BCUT2D eigenvalue weighted by Gasteiger charge is -2.37. The van der Waals surface area contributed by atoms with Gasteiger partial charge in [0.15, 0.2) is 5.78 Å². The standard InChI is InChI=1S/C32H33ClFN3O3S/c1-18-5-11-25(34)30-28(18)29(33)31(41-30)32(39)37(24-9-7-23(35-3)8-10-24)17-22-15-20(6-12-27(22)40-4)21-13-14-36-26(16-21)19(2)38/h5-6,11-16,23-24,35H,7-10,17H2,1-4H3/t23-,24-. The Kier molecular flexibility index (Phi) is 8.73. The van der Waals surface area contributed by atoms with E-state index in [1.54, 1.807) is 25.4 Å². The molecule has 1 saturated carbocycles. The Hall–Kier alpha value is -3.33. The molecule has 0 radical (unpaired) electrons. The Morgan fingerprint density at radius 1 is 1.12 bits per heavy atom. The molecular formula is C32H33ClFN3O3S. The summed E-state index contributed by atoms with van der Waals surface area (Å²) in [5, 5.41) is 4.25. The smallest absolute Gasteiger partial charge is 0.266 e. The minimum absolute atomic E-state index is 0.0158. The molecular weight excluding hydrogens is 561 g/mol. The first-order valence-electron chi connectivity index (χ1n) is 13.7. The number of aromatic nitrogens is 1. The molecule has 0 unspecified atom stereocenters. The fourth-order valence-corrected chi connectivity index (χ4v) is 7.29. The van der Waals surface area contributed by atoms with Crippen molar-refractivity contribution in [3.8, 4) is 16.9 Å². The molecule has 1 aliphatic carbocycles. The molecule has 6 nitrogen and oxygen atoms in total. The summed E-state index contributed by atoms with van der Waals surface area (Å²) >= 11 is 7.91. The van der Waals surface area contributed by atoms with Gasteiger partial charge in [-0.1, -0.05) is 23.7 Å². The Morgan fingerprint density at radius 2 is 1.85 bits per heavy atom. The SMILES string of the molecule is CN[C@H]1CC[C@H](N(Cc2cc(-c3ccnc(C(C)=O)c3)ccc2OC)C(=O)c2sc3c(F)ccc(C)c3c2Cl)CC1. The van der Waals surface area contributed by atoms with Crippen LogP contribution >= 0.6 is 22.9 Å². The van der Waals surface area contributed by atoms with Crippen LogP contribution < -0.4 is 10.1 Å². The van der Waals surface area contributed by atoms with E-state index >= 15 is 0 Å². The summed E-state index contributed by atoms with van der Waals surface area (Å²) in [6, 6.07) is 12.9. The third kappa shape index (κ3) is 5.87. The number of halogens is 2. The van der Waals surface area contributed by atoms with Crippen molar-refractivity contribution in [2.75, 3.05) is 14.2 Å². The number of amides is 1. The summed E-state index contributed by atoms with van der Waals surface area (Å²) in [7, 11) is 3.58. The van der Waals surface area contributed by atoms with Crippen LogP contribution in [0.25, 0.3) is 21.2 Å². The monoisotopic (exact) mass is 593 g/mol. The highest BCUT2D eigenvalue weighted by molar-refractivity contribution is 7.21. The molecule has 2 heterocycles. The number of carbonyl (C=O) groups is 2. The summed E-state index contributed by atoms with van der Waals surface area (Å²) in [6.07, 6.45) is 5.18. The number of carbonyl (C=O) groups excluding carboxylic acids is 2. The van der Waals surface area contributed by atoms with Gasteiger partial charge in [-0.3, -0.25) is 14.6 Å². The predicted octanol–water partition coefficient (Wildman–Crippen LogP) is 7.45. The molecule has 4 aromatic rings. The number of methoxy groups -OCH3 is 1. The number of hydrogen-bond donors (Lipinski definition) is 1. The van der Waals surface area contributed by atoms with Gasteiger partial charge < -0.3 is 15.0 Å². The van der Waals surface area contributed by atoms with Crippen LogP contribution in [0.4, 0.5) is 4.39 Å². The topological polar surface area (TPSA) is 71.5 Å². The van der Waals surface area contributed by atoms with Gasteiger partial charge in [0.1, 0.15) is 22.1 Å². The lowest BCUT2D eigenvalue weighted by molar-refractivity contribution is 0.0604. The van der Waals surface area contributed by atoms with Crippen molar-refractivity contribution in [1.82, 2.24) is 15.2 Å². The number of nitrogens with zero attached hydrogens (tertiary/aromatic N) is 2. The predicted molar refractivity (Wildman–Crippen MR) is 163 cm³/mol.